The average molecular weight is 517 g/mol. The minimum atomic E-state index is -4.62. The van der Waals surface area contributed by atoms with Gasteiger partial charge in [0, 0.05) is 52.0 Å². The highest BCUT2D eigenvalue weighted by molar-refractivity contribution is 5.93. The van der Waals surface area contributed by atoms with E-state index in [2.05, 4.69) is 28.9 Å². The van der Waals surface area contributed by atoms with E-state index in [4.69, 9.17) is 4.74 Å². The Balaban J connectivity index is 1.45. The highest BCUT2D eigenvalue weighted by Crippen LogP contribution is 2.39. The molecule has 37 heavy (non-hydrogen) atoms. The molecule has 0 spiro atoms. The number of aromatic nitrogens is 1. The predicted molar refractivity (Wildman–Crippen MR) is 130 cm³/mol. The van der Waals surface area contributed by atoms with Gasteiger partial charge in [-0.3, -0.25) is 14.5 Å². The van der Waals surface area contributed by atoms with Crippen LogP contribution in [0.4, 0.5) is 13.2 Å². The zero-order chi connectivity index (χ0) is 26.9. The predicted octanol–water partition coefficient (Wildman–Crippen LogP) is 3.84. The Morgan fingerprint density at radius 3 is 2.54 bits per heavy atom. The zero-order valence-corrected chi connectivity index (χ0v) is 21.5. The van der Waals surface area contributed by atoms with Gasteiger partial charge in [0.25, 0.3) is 11.8 Å². The molecule has 0 saturated carbocycles. The van der Waals surface area contributed by atoms with Crippen LogP contribution in [0, 0.1) is 26.0 Å². The molecular weight excluding hydrogens is 485 g/mol. The molecule has 0 bridgehead atoms. The first-order valence-electron chi connectivity index (χ1n) is 12.3. The summed E-state index contributed by atoms with van der Waals surface area (Å²) in [5.74, 6) is 0.212. The Morgan fingerprint density at radius 2 is 1.89 bits per heavy atom. The third kappa shape index (κ3) is 5.67. The first-order valence-corrected chi connectivity index (χ1v) is 12.3. The molecule has 2 fully saturated rings. The van der Waals surface area contributed by atoms with Crippen LogP contribution in [0.5, 0.6) is 5.75 Å². The summed E-state index contributed by atoms with van der Waals surface area (Å²) in [4.78, 5) is 33.8. The molecule has 2 atom stereocenters. The second kappa shape index (κ2) is 10.6. The molecule has 10 heteroatoms. The molecule has 1 unspecified atom stereocenters. The SMILES string of the molecule is Cc1c(OCC(=O)N(C)C)ccc([C@H]2CCCC3CN(C(=O)c4c#cc(C(F)(F)F)nc4)CCN32)c1C. The number of alkyl halides is 3. The second-order valence-electron chi connectivity index (χ2n) is 9.84. The number of ether oxygens (including phenoxy) is 1. The molecule has 4 rings (SSSR count). The maximum absolute atomic E-state index is 13.0. The van der Waals surface area contributed by atoms with Gasteiger partial charge in [-0.1, -0.05) is 12.1 Å². The lowest BCUT2D eigenvalue weighted by molar-refractivity contribution is -0.141. The van der Waals surface area contributed by atoms with Gasteiger partial charge in [0.2, 0.25) is 0 Å². The van der Waals surface area contributed by atoms with E-state index in [-0.39, 0.29) is 36.1 Å². The molecule has 0 N–H and O–H groups in total. The second-order valence-corrected chi connectivity index (χ2v) is 9.84. The monoisotopic (exact) mass is 516 g/mol. The van der Waals surface area contributed by atoms with Gasteiger partial charge in [0.05, 0.1) is 0 Å². The van der Waals surface area contributed by atoms with Gasteiger partial charge in [-0.15, -0.1) is 0 Å². The quantitative estimate of drug-likeness (QED) is 0.605. The molecule has 198 valence electrons. The average Bonchev–Trinajstić information content (AvgIpc) is 2.88. The Labute approximate surface area is 215 Å². The number of hydrogen-bond acceptors (Lipinski definition) is 5. The summed E-state index contributed by atoms with van der Waals surface area (Å²) in [6.07, 6.45) is -0.753. The minimum absolute atomic E-state index is 0.0105. The van der Waals surface area contributed by atoms with E-state index in [0.717, 1.165) is 36.6 Å². The van der Waals surface area contributed by atoms with E-state index >= 15 is 0 Å². The van der Waals surface area contributed by atoms with Crippen molar-refractivity contribution in [3.05, 3.63) is 58.4 Å². The molecule has 3 heterocycles. The van der Waals surface area contributed by atoms with Crippen molar-refractivity contribution >= 4 is 11.8 Å². The van der Waals surface area contributed by atoms with E-state index in [1.807, 2.05) is 19.1 Å². The number of piperazine rings is 1. The van der Waals surface area contributed by atoms with Crippen molar-refractivity contribution in [3.63, 3.8) is 0 Å². The number of fused-ring (bicyclic) bond motifs is 1. The highest BCUT2D eigenvalue weighted by atomic mass is 19.4. The number of amides is 2. The highest BCUT2D eigenvalue weighted by Gasteiger charge is 2.38. The van der Waals surface area contributed by atoms with Crippen LogP contribution in [0.3, 0.4) is 0 Å². The number of halogens is 3. The van der Waals surface area contributed by atoms with Crippen LogP contribution >= 0.6 is 0 Å². The third-order valence-electron chi connectivity index (χ3n) is 7.36. The van der Waals surface area contributed by atoms with E-state index < -0.39 is 11.9 Å². The lowest BCUT2D eigenvalue weighted by Crippen LogP contribution is -2.57. The number of benzene rings is 1. The maximum atomic E-state index is 13.0. The Kier molecular flexibility index (Phi) is 7.64. The maximum Gasteiger partial charge on any atom is 0.441 e. The molecular formula is C27H31F3N4O3. The third-order valence-corrected chi connectivity index (χ3v) is 7.36. The van der Waals surface area contributed by atoms with Gasteiger partial charge < -0.3 is 14.5 Å². The summed E-state index contributed by atoms with van der Waals surface area (Å²) in [5.41, 5.74) is 2.14. The summed E-state index contributed by atoms with van der Waals surface area (Å²) in [6.45, 7) is 5.67. The number of carbonyl (C=O) groups is 2. The number of nitrogens with zero attached hydrogens (tertiary/aromatic N) is 4. The Hall–Kier alpha value is -3.32. The van der Waals surface area contributed by atoms with Crippen LogP contribution in [0.1, 0.15) is 58.0 Å². The van der Waals surface area contributed by atoms with E-state index in [1.165, 1.54) is 10.5 Å². The van der Waals surface area contributed by atoms with Gasteiger partial charge in [-0.25, -0.2) is 4.98 Å². The van der Waals surface area contributed by atoms with Crippen LogP contribution in [-0.2, 0) is 11.0 Å². The number of carbonyl (C=O) groups excluding carboxylic acids is 2. The number of piperidine rings is 1. The first kappa shape index (κ1) is 26.7. The number of likely N-dealkylation sites (N-methyl/N-ethyl adjacent to an activating group) is 1. The van der Waals surface area contributed by atoms with Crippen molar-refractivity contribution in [1.29, 1.82) is 0 Å². The fourth-order valence-electron chi connectivity index (χ4n) is 5.11. The summed E-state index contributed by atoms with van der Waals surface area (Å²) >= 11 is 0. The number of hydrogen-bond donors (Lipinski definition) is 0. The minimum Gasteiger partial charge on any atom is -0.483 e. The Morgan fingerprint density at radius 1 is 1.14 bits per heavy atom. The van der Waals surface area contributed by atoms with Crippen molar-refractivity contribution in [2.24, 2.45) is 0 Å². The molecule has 2 aliphatic rings. The van der Waals surface area contributed by atoms with Crippen LogP contribution in [-0.4, -0.2) is 77.9 Å². The van der Waals surface area contributed by atoms with Crippen molar-refractivity contribution in [2.45, 2.75) is 51.4 Å². The van der Waals surface area contributed by atoms with Crippen molar-refractivity contribution < 1.29 is 27.5 Å². The smallest absolute Gasteiger partial charge is 0.441 e. The number of rotatable bonds is 5. The summed E-state index contributed by atoms with van der Waals surface area (Å²) in [6, 6.07) is 8.65. The van der Waals surface area contributed by atoms with Crippen molar-refractivity contribution in [1.82, 2.24) is 19.7 Å². The largest absolute Gasteiger partial charge is 0.483 e. The van der Waals surface area contributed by atoms with Crippen molar-refractivity contribution in [2.75, 3.05) is 40.3 Å². The Bertz CT molecular complexity index is 1150. The standard InChI is InChI=1S/C27H31F3N4O3/c1-17-18(2)23(37-16-25(35)32(3)4)10-9-21(17)22-7-5-6-20-15-33(12-13-34(20)22)26(36)19-8-11-24(31-14-19)27(28,29)30/h9-10,14,20,22H,5-7,12-13,15-16H2,1-4H3/t20?,22-/m1/s1. The van der Waals surface area contributed by atoms with E-state index in [9.17, 15) is 22.8 Å². The van der Waals surface area contributed by atoms with Crippen LogP contribution in [0.2, 0.25) is 0 Å². The normalized spacial score (nSPS) is 20.1. The summed E-state index contributed by atoms with van der Waals surface area (Å²) in [7, 11) is 3.38. The van der Waals surface area contributed by atoms with E-state index in [1.54, 1.807) is 19.0 Å². The molecule has 1 aromatic heterocycles. The van der Waals surface area contributed by atoms with Crippen molar-refractivity contribution in [3.8, 4) is 5.75 Å². The topological polar surface area (TPSA) is 66.0 Å². The molecule has 0 radical (unpaired) electrons. The fraction of sp³-hybridized carbons (Fsp3) is 0.519. The molecule has 2 aromatic rings. The van der Waals surface area contributed by atoms with Crippen LogP contribution in [0.15, 0.2) is 18.3 Å². The van der Waals surface area contributed by atoms with Gasteiger partial charge >= 0.3 is 6.18 Å². The van der Waals surface area contributed by atoms with Gasteiger partial charge in [-0.2, -0.15) is 13.2 Å². The molecule has 1 aromatic carbocycles. The molecule has 2 aliphatic heterocycles. The van der Waals surface area contributed by atoms with Gasteiger partial charge in [0.15, 0.2) is 12.3 Å². The van der Waals surface area contributed by atoms with Crippen LogP contribution in [0.25, 0.3) is 0 Å². The first-order chi connectivity index (χ1) is 17.5. The van der Waals surface area contributed by atoms with Gasteiger partial charge in [0.1, 0.15) is 11.3 Å². The summed E-state index contributed by atoms with van der Waals surface area (Å²) < 4.78 is 44.1. The van der Waals surface area contributed by atoms with E-state index in [0.29, 0.717) is 25.4 Å². The molecule has 2 saturated heterocycles. The lowest BCUT2D eigenvalue weighted by Gasteiger charge is -2.48. The fourth-order valence-corrected chi connectivity index (χ4v) is 5.11. The van der Waals surface area contributed by atoms with Crippen LogP contribution < -0.4 is 4.74 Å². The molecule has 7 nitrogen and oxygen atoms in total. The lowest BCUT2D eigenvalue weighted by atomic mass is 9.86. The molecule has 2 amide bonds. The zero-order valence-electron chi connectivity index (χ0n) is 21.5. The molecule has 0 aliphatic carbocycles. The van der Waals surface area contributed by atoms with Gasteiger partial charge in [-0.05, 0) is 61.9 Å². The summed E-state index contributed by atoms with van der Waals surface area (Å²) in [5, 5.41) is 0.